The molecule has 0 aliphatic carbocycles. The van der Waals surface area contributed by atoms with E-state index in [1.807, 2.05) is 0 Å². The van der Waals surface area contributed by atoms with Gasteiger partial charge in [0.2, 0.25) is 0 Å². The van der Waals surface area contributed by atoms with Crippen LogP contribution in [0.4, 0.5) is 10.1 Å². The van der Waals surface area contributed by atoms with Crippen molar-refractivity contribution in [1.82, 2.24) is 15.6 Å². The summed E-state index contributed by atoms with van der Waals surface area (Å²) < 4.78 is 27.9. The van der Waals surface area contributed by atoms with Crippen LogP contribution < -0.4 is 15.8 Å². The van der Waals surface area contributed by atoms with Crippen molar-refractivity contribution in [1.29, 1.82) is 0 Å². The van der Waals surface area contributed by atoms with Gasteiger partial charge in [0, 0.05) is 24.2 Å². The second-order valence-electron chi connectivity index (χ2n) is 9.47. The van der Waals surface area contributed by atoms with Crippen molar-refractivity contribution in [3.63, 3.8) is 0 Å². The van der Waals surface area contributed by atoms with Gasteiger partial charge in [-0.25, -0.2) is 19.0 Å². The standard InChI is InChI=1S/C30H35FN4O3S/c1-3-17-34(18-4-2)19-9-16-32-29(36)22-14-15-28-26(20-22)35(33-21-23-10-5-7-12-25(23)31)30(37)24-11-6-8-13-27(24)39(28)38/h5-8,10-15,20,33H,3-4,9,16-19,21H2,1-2H3,(H,32,36). The number of anilines is 1. The van der Waals surface area contributed by atoms with E-state index in [0.717, 1.165) is 38.9 Å². The van der Waals surface area contributed by atoms with Crippen LogP contribution in [0.15, 0.2) is 76.5 Å². The zero-order valence-electron chi connectivity index (χ0n) is 22.4. The van der Waals surface area contributed by atoms with Gasteiger partial charge < -0.3 is 10.2 Å². The number of nitrogens with zero attached hydrogens (tertiary/aromatic N) is 2. The van der Waals surface area contributed by atoms with E-state index in [1.165, 1.54) is 11.1 Å². The molecule has 3 aromatic rings. The van der Waals surface area contributed by atoms with Crippen molar-refractivity contribution in [3.05, 3.63) is 89.2 Å². The number of hydrogen-bond donors (Lipinski definition) is 2. The lowest BCUT2D eigenvalue weighted by atomic mass is 10.1. The third-order valence-electron chi connectivity index (χ3n) is 6.58. The molecule has 4 rings (SSSR count). The predicted molar refractivity (Wildman–Crippen MR) is 152 cm³/mol. The molecule has 0 saturated carbocycles. The lowest BCUT2D eigenvalue weighted by Crippen LogP contribution is -2.43. The van der Waals surface area contributed by atoms with E-state index < -0.39 is 22.5 Å². The zero-order chi connectivity index (χ0) is 27.8. The summed E-state index contributed by atoms with van der Waals surface area (Å²) in [6.45, 7) is 7.85. The Balaban J connectivity index is 1.57. The molecule has 1 heterocycles. The molecule has 1 atom stereocenters. The fourth-order valence-electron chi connectivity index (χ4n) is 4.68. The number of fused-ring (bicyclic) bond motifs is 2. The molecular weight excluding hydrogens is 515 g/mol. The molecule has 0 aromatic heterocycles. The molecule has 1 aliphatic rings. The highest BCUT2D eigenvalue weighted by Crippen LogP contribution is 2.34. The first-order valence-electron chi connectivity index (χ1n) is 13.4. The SMILES string of the molecule is CCCN(CCC)CCCNC(=O)c1ccc2c(c1)N(NCc1ccccc1F)C(=O)c1ccccc1S2=O. The Morgan fingerprint density at radius 1 is 0.949 bits per heavy atom. The minimum Gasteiger partial charge on any atom is -0.352 e. The van der Waals surface area contributed by atoms with Crippen LogP contribution in [-0.4, -0.2) is 47.1 Å². The molecule has 0 radical (unpaired) electrons. The average Bonchev–Trinajstić information content (AvgIpc) is 3.03. The monoisotopic (exact) mass is 550 g/mol. The summed E-state index contributed by atoms with van der Waals surface area (Å²) in [5.41, 5.74) is 4.32. The Labute approximate surface area is 231 Å². The summed E-state index contributed by atoms with van der Waals surface area (Å²) in [6.07, 6.45) is 3.00. The molecule has 1 aliphatic heterocycles. The molecule has 0 bridgehead atoms. The normalized spacial score (nSPS) is 14.6. The number of rotatable bonds is 12. The second-order valence-corrected chi connectivity index (χ2v) is 10.9. The smallest absolute Gasteiger partial charge is 0.273 e. The van der Waals surface area contributed by atoms with Crippen LogP contribution in [0.25, 0.3) is 0 Å². The first-order chi connectivity index (χ1) is 18.9. The number of hydrazine groups is 1. The number of hydrogen-bond acceptors (Lipinski definition) is 5. The fraction of sp³-hybridized carbons (Fsp3) is 0.333. The van der Waals surface area contributed by atoms with E-state index in [-0.39, 0.29) is 18.0 Å². The third kappa shape index (κ3) is 6.79. The zero-order valence-corrected chi connectivity index (χ0v) is 23.2. The molecule has 9 heteroatoms. The van der Waals surface area contributed by atoms with Gasteiger partial charge in [0.05, 0.1) is 31.8 Å². The maximum Gasteiger partial charge on any atom is 0.273 e. The third-order valence-corrected chi connectivity index (χ3v) is 8.08. The van der Waals surface area contributed by atoms with Gasteiger partial charge in [-0.2, -0.15) is 0 Å². The van der Waals surface area contributed by atoms with Gasteiger partial charge in [0.1, 0.15) is 5.82 Å². The number of benzene rings is 3. The first-order valence-corrected chi connectivity index (χ1v) is 14.6. The van der Waals surface area contributed by atoms with Crippen LogP contribution in [-0.2, 0) is 17.3 Å². The summed E-state index contributed by atoms with van der Waals surface area (Å²) in [4.78, 5) is 29.9. The van der Waals surface area contributed by atoms with Crippen molar-refractivity contribution in [3.8, 4) is 0 Å². The van der Waals surface area contributed by atoms with Gasteiger partial charge >= 0.3 is 0 Å². The Hall–Kier alpha value is -3.40. The van der Waals surface area contributed by atoms with Crippen LogP contribution in [0.3, 0.4) is 0 Å². The van der Waals surface area contributed by atoms with Crippen LogP contribution in [0.2, 0.25) is 0 Å². The molecule has 2 amide bonds. The van der Waals surface area contributed by atoms with E-state index in [0.29, 0.717) is 33.2 Å². The van der Waals surface area contributed by atoms with Gasteiger partial charge in [-0.3, -0.25) is 9.59 Å². The van der Waals surface area contributed by atoms with E-state index in [2.05, 4.69) is 29.5 Å². The summed E-state index contributed by atoms with van der Waals surface area (Å²) in [7, 11) is -1.65. The Kier molecular flexibility index (Phi) is 9.97. The average molecular weight is 551 g/mol. The lowest BCUT2D eigenvalue weighted by molar-refractivity contribution is 0.0946. The van der Waals surface area contributed by atoms with Crippen molar-refractivity contribution in [2.24, 2.45) is 0 Å². The maximum absolute atomic E-state index is 14.3. The number of carbonyl (C=O) groups is 2. The van der Waals surface area contributed by atoms with Gasteiger partial charge in [0.15, 0.2) is 0 Å². The van der Waals surface area contributed by atoms with Gasteiger partial charge in [-0.1, -0.05) is 44.2 Å². The molecule has 0 spiro atoms. The van der Waals surface area contributed by atoms with E-state index in [9.17, 15) is 18.2 Å². The predicted octanol–water partition coefficient (Wildman–Crippen LogP) is 4.90. The Morgan fingerprint density at radius 3 is 2.41 bits per heavy atom. The molecule has 0 saturated heterocycles. The number of nitrogens with one attached hydrogen (secondary N) is 2. The highest BCUT2D eigenvalue weighted by atomic mass is 32.2. The minimum atomic E-state index is -1.65. The number of halogens is 1. The summed E-state index contributed by atoms with van der Waals surface area (Å²) >= 11 is 0. The Bertz CT molecular complexity index is 1340. The maximum atomic E-state index is 14.3. The van der Waals surface area contributed by atoms with Crippen molar-refractivity contribution >= 4 is 28.3 Å². The van der Waals surface area contributed by atoms with Crippen molar-refractivity contribution in [2.75, 3.05) is 31.2 Å². The fourth-order valence-corrected chi connectivity index (χ4v) is 6.01. The van der Waals surface area contributed by atoms with E-state index in [4.69, 9.17) is 0 Å². The van der Waals surface area contributed by atoms with Crippen LogP contribution in [0, 0.1) is 5.82 Å². The van der Waals surface area contributed by atoms with Gasteiger partial charge in [-0.15, -0.1) is 0 Å². The number of amides is 2. The summed E-state index contributed by atoms with van der Waals surface area (Å²) in [5, 5.41) is 4.24. The molecule has 2 N–H and O–H groups in total. The van der Waals surface area contributed by atoms with Gasteiger partial charge in [0.25, 0.3) is 11.8 Å². The Morgan fingerprint density at radius 2 is 1.67 bits per heavy atom. The number of carbonyl (C=O) groups excluding carboxylic acids is 2. The lowest BCUT2D eigenvalue weighted by Gasteiger charge is -2.24. The topological polar surface area (TPSA) is 81.8 Å². The van der Waals surface area contributed by atoms with Crippen molar-refractivity contribution in [2.45, 2.75) is 49.4 Å². The van der Waals surface area contributed by atoms with Gasteiger partial charge in [-0.05, 0) is 75.3 Å². The quantitative estimate of drug-likeness (QED) is 0.314. The molecule has 3 aromatic carbocycles. The van der Waals surface area contributed by atoms with E-state index in [1.54, 1.807) is 60.7 Å². The highest BCUT2D eigenvalue weighted by Gasteiger charge is 2.31. The molecule has 7 nitrogen and oxygen atoms in total. The second kappa shape index (κ2) is 13.6. The molecular formula is C30H35FN4O3S. The first kappa shape index (κ1) is 28.6. The largest absolute Gasteiger partial charge is 0.352 e. The van der Waals surface area contributed by atoms with Crippen LogP contribution in [0.1, 0.15) is 59.4 Å². The molecule has 1 unspecified atom stereocenters. The summed E-state index contributed by atoms with van der Waals surface area (Å²) in [5.74, 6) is -1.11. The van der Waals surface area contributed by atoms with Crippen molar-refractivity contribution < 1.29 is 18.2 Å². The van der Waals surface area contributed by atoms with Crippen LogP contribution >= 0.6 is 0 Å². The minimum absolute atomic E-state index is 0.0229. The highest BCUT2D eigenvalue weighted by molar-refractivity contribution is 7.85. The molecule has 206 valence electrons. The molecule has 39 heavy (non-hydrogen) atoms. The van der Waals surface area contributed by atoms with Crippen LogP contribution in [0.5, 0.6) is 0 Å². The van der Waals surface area contributed by atoms with E-state index >= 15 is 0 Å². The summed E-state index contributed by atoms with van der Waals surface area (Å²) in [6, 6.07) is 17.8. The molecule has 0 fully saturated rings.